The number of hydrogen-bond donors (Lipinski definition) is 3. The Labute approximate surface area is 208 Å². The lowest BCUT2D eigenvalue weighted by Crippen LogP contribution is -2.34. The first-order chi connectivity index (χ1) is 17.2. The molecule has 1 aliphatic rings. The summed E-state index contributed by atoms with van der Waals surface area (Å²) in [4.78, 5) is 6.24. The van der Waals surface area contributed by atoms with Crippen LogP contribution in [0.3, 0.4) is 0 Å². The number of aromatic nitrogens is 1. The first kappa shape index (κ1) is 28.0. The van der Waals surface area contributed by atoms with Crippen molar-refractivity contribution in [3.8, 4) is 18.9 Å². The first-order valence-corrected chi connectivity index (χ1v) is 10.8. The zero-order valence-corrected chi connectivity index (χ0v) is 19.6. The third-order valence-corrected chi connectivity index (χ3v) is 5.06. The average molecular weight is 499 g/mol. The fourth-order valence-electron chi connectivity index (χ4n) is 3.35. The highest BCUT2D eigenvalue weighted by molar-refractivity contribution is 5.63. The molecule has 1 atom stereocenters. The standard InChI is InChI=1S/C24H24F4N6.C2H2/c1-3-17(12-29)20-11-21(25)16(2)10-22(20)34(23-6-4-5-9-30-23)14-19-8-7-18(13-31-19)33-32-15-24(26,27)28;1-2/h3-8,10-11,13,17,30,32-33H,1,9,14-15H2,2H3;1-2H. The third-order valence-electron chi connectivity index (χ3n) is 5.06. The Morgan fingerprint density at radius 2 is 2.08 bits per heavy atom. The number of anilines is 2. The fourth-order valence-corrected chi connectivity index (χ4v) is 3.35. The van der Waals surface area contributed by atoms with Gasteiger partial charge in [-0.05, 0) is 48.4 Å². The van der Waals surface area contributed by atoms with Gasteiger partial charge in [0.05, 0.1) is 36.1 Å². The monoisotopic (exact) mass is 498 g/mol. The predicted molar refractivity (Wildman–Crippen MR) is 133 cm³/mol. The largest absolute Gasteiger partial charge is 0.402 e. The number of nitriles is 1. The second-order valence-corrected chi connectivity index (χ2v) is 7.58. The molecule has 0 saturated carbocycles. The first-order valence-electron chi connectivity index (χ1n) is 10.8. The van der Waals surface area contributed by atoms with Crippen LogP contribution in [0.15, 0.2) is 67.2 Å². The normalized spacial score (nSPS) is 13.2. The molecule has 1 aromatic carbocycles. The van der Waals surface area contributed by atoms with Gasteiger partial charge in [-0.2, -0.15) is 18.4 Å². The van der Waals surface area contributed by atoms with Gasteiger partial charge < -0.3 is 15.6 Å². The highest BCUT2D eigenvalue weighted by Crippen LogP contribution is 2.34. The molecule has 0 bridgehead atoms. The lowest BCUT2D eigenvalue weighted by atomic mass is 9.96. The minimum Gasteiger partial charge on any atom is -0.368 e. The van der Waals surface area contributed by atoms with E-state index in [2.05, 4.69) is 46.6 Å². The number of halogens is 4. The van der Waals surface area contributed by atoms with Crippen molar-refractivity contribution in [2.45, 2.75) is 25.6 Å². The van der Waals surface area contributed by atoms with Crippen LogP contribution in [0.2, 0.25) is 0 Å². The summed E-state index contributed by atoms with van der Waals surface area (Å²) in [6.07, 6.45) is 12.2. The molecule has 0 saturated heterocycles. The van der Waals surface area contributed by atoms with E-state index in [-0.39, 0.29) is 6.54 Å². The molecule has 1 aliphatic heterocycles. The Morgan fingerprint density at radius 3 is 2.64 bits per heavy atom. The average Bonchev–Trinajstić information content (AvgIpc) is 2.87. The summed E-state index contributed by atoms with van der Waals surface area (Å²) < 4.78 is 51.4. The minimum absolute atomic E-state index is 0.260. The van der Waals surface area contributed by atoms with Crippen LogP contribution in [-0.2, 0) is 6.54 Å². The number of alkyl halides is 3. The molecular weight excluding hydrogens is 472 g/mol. The summed E-state index contributed by atoms with van der Waals surface area (Å²) in [6.45, 7) is 5.01. The van der Waals surface area contributed by atoms with Crippen LogP contribution < -0.4 is 21.1 Å². The van der Waals surface area contributed by atoms with E-state index in [9.17, 15) is 22.8 Å². The Bertz CT molecular complexity index is 1160. The maximum atomic E-state index is 14.4. The maximum absolute atomic E-state index is 14.4. The van der Waals surface area contributed by atoms with Gasteiger partial charge in [0.25, 0.3) is 0 Å². The number of pyridine rings is 1. The van der Waals surface area contributed by atoms with Crippen molar-refractivity contribution in [1.82, 2.24) is 15.7 Å². The number of nitrogens with zero attached hydrogens (tertiary/aromatic N) is 3. The second kappa shape index (κ2) is 13.0. The van der Waals surface area contributed by atoms with Gasteiger partial charge in [-0.1, -0.05) is 18.2 Å². The molecule has 3 N–H and O–H groups in total. The highest BCUT2D eigenvalue weighted by Gasteiger charge is 2.26. The molecule has 36 heavy (non-hydrogen) atoms. The number of allylic oxidation sites excluding steroid dienone is 3. The van der Waals surface area contributed by atoms with Crippen molar-refractivity contribution >= 4 is 11.4 Å². The van der Waals surface area contributed by atoms with Crippen LogP contribution >= 0.6 is 0 Å². The molecule has 10 heteroatoms. The molecule has 0 fully saturated rings. The molecule has 0 radical (unpaired) electrons. The Kier molecular flexibility index (Phi) is 10.1. The number of benzene rings is 1. The zero-order valence-electron chi connectivity index (χ0n) is 19.6. The fraction of sp³-hybridized carbons (Fsp3) is 0.231. The van der Waals surface area contributed by atoms with Crippen LogP contribution in [-0.4, -0.2) is 24.2 Å². The molecule has 0 aliphatic carbocycles. The molecule has 1 unspecified atom stereocenters. The highest BCUT2D eigenvalue weighted by atomic mass is 19.4. The van der Waals surface area contributed by atoms with Gasteiger partial charge in [0.15, 0.2) is 0 Å². The van der Waals surface area contributed by atoms with Gasteiger partial charge in [-0.15, -0.1) is 19.4 Å². The summed E-state index contributed by atoms with van der Waals surface area (Å²) in [5, 5.41) is 12.9. The number of nitrogens with one attached hydrogen (secondary N) is 3. The summed E-state index contributed by atoms with van der Waals surface area (Å²) in [7, 11) is 0. The van der Waals surface area contributed by atoms with Crippen molar-refractivity contribution < 1.29 is 17.6 Å². The number of aryl methyl sites for hydroxylation is 1. The van der Waals surface area contributed by atoms with Crippen molar-refractivity contribution in [1.29, 1.82) is 5.26 Å². The number of hydrazine groups is 1. The summed E-state index contributed by atoms with van der Waals surface area (Å²) in [6, 6.07) is 8.44. The van der Waals surface area contributed by atoms with Crippen LogP contribution in [0.5, 0.6) is 0 Å². The summed E-state index contributed by atoms with van der Waals surface area (Å²) in [5.74, 6) is -0.427. The molecule has 188 valence electrons. The maximum Gasteiger partial charge on any atom is 0.402 e. The van der Waals surface area contributed by atoms with Crippen molar-refractivity contribution in [3.05, 3.63) is 89.8 Å². The molecule has 2 heterocycles. The zero-order chi connectivity index (χ0) is 26.7. The van der Waals surface area contributed by atoms with Crippen LogP contribution in [0.4, 0.5) is 28.9 Å². The van der Waals surface area contributed by atoms with Gasteiger partial charge in [0.2, 0.25) is 0 Å². The predicted octanol–water partition coefficient (Wildman–Crippen LogP) is 5.06. The topological polar surface area (TPSA) is 76.0 Å². The number of terminal acetylenes is 1. The third kappa shape index (κ3) is 7.62. The SMILES string of the molecule is C#C.C=CC(C#N)c1cc(F)c(C)cc1N(Cc1ccc(NNCC(F)(F)F)cn1)C1=CC=CCN1. The molecule has 0 amide bonds. The van der Waals surface area contributed by atoms with Crippen LogP contribution in [0, 0.1) is 36.9 Å². The molecular formula is C26H26F4N6. The number of hydrogen-bond acceptors (Lipinski definition) is 6. The van der Waals surface area contributed by atoms with E-state index in [4.69, 9.17) is 0 Å². The van der Waals surface area contributed by atoms with Crippen molar-refractivity contribution in [3.63, 3.8) is 0 Å². The number of rotatable bonds is 9. The summed E-state index contributed by atoms with van der Waals surface area (Å²) in [5.41, 5.74) is 7.04. The quantitative estimate of drug-likeness (QED) is 0.194. The van der Waals surface area contributed by atoms with Gasteiger partial charge in [0, 0.05) is 12.2 Å². The van der Waals surface area contributed by atoms with Crippen LogP contribution in [0.1, 0.15) is 22.7 Å². The van der Waals surface area contributed by atoms with Gasteiger partial charge >= 0.3 is 6.18 Å². The van der Waals surface area contributed by atoms with E-state index < -0.39 is 24.5 Å². The molecule has 2 aromatic rings. The van der Waals surface area contributed by atoms with Gasteiger partial charge in [-0.3, -0.25) is 4.98 Å². The van der Waals surface area contributed by atoms with Gasteiger partial charge in [-0.25, -0.2) is 9.82 Å². The second-order valence-electron chi connectivity index (χ2n) is 7.58. The molecule has 1 aromatic heterocycles. The molecule has 6 nitrogen and oxygen atoms in total. The van der Waals surface area contributed by atoms with Crippen LogP contribution in [0.25, 0.3) is 0 Å². The van der Waals surface area contributed by atoms with E-state index in [1.165, 1.54) is 18.3 Å². The van der Waals surface area contributed by atoms with E-state index in [0.29, 0.717) is 34.7 Å². The van der Waals surface area contributed by atoms with E-state index in [1.807, 2.05) is 23.1 Å². The Morgan fingerprint density at radius 1 is 1.33 bits per heavy atom. The number of dihydropyridines is 1. The minimum atomic E-state index is -4.34. The van der Waals surface area contributed by atoms with Crippen molar-refractivity contribution in [2.24, 2.45) is 0 Å². The molecule has 3 rings (SSSR count). The van der Waals surface area contributed by atoms with Crippen molar-refractivity contribution in [2.75, 3.05) is 23.4 Å². The lowest BCUT2D eigenvalue weighted by Gasteiger charge is -2.31. The van der Waals surface area contributed by atoms with Gasteiger partial charge in [0.1, 0.15) is 18.2 Å². The Hall–Kier alpha value is -4.28. The van der Waals surface area contributed by atoms with E-state index in [1.54, 1.807) is 25.1 Å². The smallest absolute Gasteiger partial charge is 0.368 e. The lowest BCUT2D eigenvalue weighted by molar-refractivity contribution is -0.123. The molecule has 0 spiro atoms. The summed E-state index contributed by atoms with van der Waals surface area (Å²) >= 11 is 0. The van der Waals surface area contributed by atoms with E-state index in [0.717, 1.165) is 5.82 Å². The Balaban J connectivity index is 0.00000222. The van der Waals surface area contributed by atoms with E-state index >= 15 is 0 Å².